The number of anilines is 2. The molecule has 0 saturated carbocycles. The second-order valence-electron chi connectivity index (χ2n) is 9.27. The van der Waals surface area contributed by atoms with E-state index in [-0.39, 0.29) is 12.1 Å². The molecule has 6 nitrogen and oxygen atoms in total. The maximum atomic E-state index is 5.92. The first kappa shape index (κ1) is 23.9. The molecule has 0 amide bonds. The zero-order chi connectivity index (χ0) is 25.4. The Labute approximate surface area is 218 Å². The van der Waals surface area contributed by atoms with E-state index in [4.69, 9.17) is 21.9 Å². The quantitative estimate of drug-likeness (QED) is 0.343. The maximum absolute atomic E-state index is 5.92. The van der Waals surface area contributed by atoms with E-state index in [1.807, 2.05) is 44.6 Å². The molecule has 1 N–H and O–H groups in total. The van der Waals surface area contributed by atoms with Gasteiger partial charge in [0.2, 0.25) is 0 Å². The van der Waals surface area contributed by atoms with E-state index in [0.29, 0.717) is 5.11 Å². The summed E-state index contributed by atoms with van der Waals surface area (Å²) in [6.07, 6.45) is 1.84. The van der Waals surface area contributed by atoms with Crippen LogP contribution in [-0.4, -0.2) is 35.9 Å². The molecule has 0 unspecified atom stereocenters. The summed E-state index contributed by atoms with van der Waals surface area (Å²) in [6, 6.07) is 24.8. The van der Waals surface area contributed by atoms with E-state index in [1.165, 1.54) is 5.56 Å². The van der Waals surface area contributed by atoms with Crippen LogP contribution in [0.2, 0.25) is 0 Å². The molecule has 4 aromatic rings. The second kappa shape index (κ2) is 9.66. The van der Waals surface area contributed by atoms with Crippen LogP contribution in [-0.2, 0) is 0 Å². The standard InChI is InChI=1S/C29H31N5OS/c1-19-17-25(20(2)33(19)23-9-8-10-24(18-23)35-5)28-27(26-11-6-7-16-30-26)31-29(36)34(28)22-14-12-21(13-15-22)32(3)4/h6-18,27-28H,1-5H3,(H,31,36)/t27-,28-/m1/s1. The highest BCUT2D eigenvalue weighted by Crippen LogP contribution is 2.44. The summed E-state index contributed by atoms with van der Waals surface area (Å²) in [5, 5.41) is 4.27. The molecule has 1 aliphatic heterocycles. The summed E-state index contributed by atoms with van der Waals surface area (Å²) in [6.45, 7) is 4.31. The van der Waals surface area contributed by atoms with Crippen LogP contribution >= 0.6 is 12.2 Å². The number of hydrogen-bond acceptors (Lipinski definition) is 4. The van der Waals surface area contributed by atoms with Crippen molar-refractivity contribution in [2.24, 2.45) is 0 Å². The minimum absolute atomic E-state index is 0.0665. The van der Waals surface area contributed by atoms with Gasteiger partial charge >= 0.3 is 0 Å². The summed E-state index contributed by atoms with van der Waals surface area (Å²) in [4.78, 5) is 9.02. The molecule has 1 fully saturated rings. The molecule has 184 valence electrons. The second-order valence-corrected chi connectivity index (χ2v) is 9.66. The van der Waals surface area contributed by atoms with Gasteiger partial charge in [0.1, 0.15) is 5.75 Å². The van der Waals surface area contributed by atoms with Crippen molar-refractivity contribution in [3.63, 3.8) is 0 Å². The third-order valence-electron chi connectivity index (χ3n) is 6.84. The van der Waals surface area contributed by atoms with Crippen LogP contribution in [0.1, 0.15) is 34.7 Å². The predicted octanol–water partition coefficient (Wildman–Crippen LogP) is 5.74. The molecule has 0 bridgehead atoms. The Morgan fingerprint density at radius 2 is 1.72 bits per heavy atom. The minimum atomic E-state index is -0.0912. The molecule has 1 aliphatic rings. The van der Waals surface area contributed by atoms with Crippen molar-refractivity contribution in [3.05, 3.63) is 102 Å². The van der Waals surface area contributed by atoms with Crippen LogP contribution in [0, 0.1) is 13.8 Å². The van der Waals surface area contributed by atoms with Gasteiger partial charge in [-0.15, -0.1) is 0 Å². The molecule has 3 heterocycles. The molecule has 2 aromatic carbocycles. The first-order valence-electron chi connectivity index (χ1n) is 12.0. The Balaban J connectivity index is 1.65. The van der Waals surface area contributed by atoms with E-state index < -0.39 is 0 Å². The van der Waals surface area contributed by atoms with Crippen LogP contribution in [0.5, 0.6) is 5.75 Å². The lowest BCUT2D eigenvalue weighted by atomic mass is 9.96. The van der Waals surface area contributed by atoms with E-state index in [2.05, 4.69) is 82.1 Å². The average Bonchev–Trinajstić information content (AvgIpc) is 3.39. The Morgan fingerprint density at radius 1 is 0.944 bits per heavy atom. The van der Waals surface area contributed by atoms with Gasteiger partial charge in [-0.25, -0.2) is 0 Å². The van der Waals surface area contributed by atoms with E-state index >= 15 is 0 Å². The Kier molecular flexibility index (Phi) is 6.41. The van der Waals surface area contributed by atoms with Gasteiger partial charge in [-0.3, -0.25) is 4.98 Å². The highest BCUT2D eigenvalue weighted by molar-refractivity contribution is 7.80. The minimum Gasteiger partial charge on any atom is -0.497 e. The van der Waals surface area contributed by atoms with Crippen LogP contribution < -0.4 is 19.9 Å². The summed E-state index contributed by atoms with van der Waals surface area (Å²) in [5.74, 6) is 0.833. The van der Waals surface area contributed by atoms with Crippen LogP contribution in [0.25, 0.3) is 5.69 Å². The normalized spacial score (nSPS) is 17.2. The molecule has 2 atom stereocenters. The first-order chi connectivity index (χ1) is 17.4. The number of benzene rings is 2. The number of nitrogens with one attached hydrogen (secondary N) is 1. The summed E-state index contributed by atoms with van der Waals surface area (Å²) >= 11 is 5.92. The molecule has 36 heavy (non-hydrogen) atoms. The van der Waals surface area contributed by atoms with Gasteiger partial charge in [0, 0.05) is 54.8 Å². The molecule has 5 rings (SSSR count). The molecule has 1 saturated heterocycles. The molecular weight excluding hydrogens is 466 g/mol. The molecule has 0 aliphatic carbocycles. The van der Waals surface area contributed by atoms with Crippen molar-refractivity contribution in [1.29, 1.82) is 0 Å². The molecule has 0 spiro atoms. The van der Waals surface area contributed by atoms with Crippen molar-refractivity contribution in [2.75, 3.05) is 31.0 Å². The van der Waals surface area contributed by atoms with Crippen molar-refractivity contribution in [1.82, 2.24) is 14.9 Å². The maximum Gasteiger partial charge on any atom is 0.174 e. The number of methoxy groups -OCH3 is 1. The number of nitrogens with zero attached hydrogens (tertiary/aromatic N) is 4. The highest BCUT2D eigenvalue weighted by atomic mass is 32.1. The van der Waals surface area contributed by atoms with Crippen molar-refractivity contribution < 1.29 is 4.74 Å². The Morgan fingerprint density at radius 3 is 2.39 bits per heavy atom. The monoisotopic (exact) mass is 497 g/mol. The van der Waals surface area contributed by atoms with Gasteiger partial charge in [0.05, 0.1) is 24.9 Å². The van der Waals surface area contributed by atoms with Crippen LogP contribution in [0.4, 0.5) is 11.4 Å². The Hall–Kier alpha value is -3.84. The topological polar surface area (TPSA) is 45.6 Å². The van der Waals surface area contributed by atoms with Gasteiger partial charge in [-0.05, 0) is 86.2 Å². The van der Waals surface area contributed by atoms with E-state index in [9.17, 15) is 0 Å². The number of hydrogen-bond donors (Lipinski definition) is 1. The van der Waals surface area contributed by atoms with Gasteiger partial charge in [-0.2, -0.15) is 0 Å². The molecule has 0 radical (unpaired) electrons. The lowest BCUT2D eigenvalue weighted by molar-refractivity contribution is 0.414. The number of ether oxygens (including phenoxy) is 1. The van der Waals surface area contributed by atoms with Crippen molar-refractivity contribution in [3.8, 4) is 11.4 Å². The van der Waals surface area contributed by atoms with Crippen molar-refractivity contribution >= 4 is 28.7 Å². The number of aromatic nitrogens is 2. The third kappa shape index (κ3) is 4.20. The largest absolute Gasteiger partial charge is 0.497 e. The van der Waals surface area contributed by atoms with E-state index in [0.717, 1.165) is 39.9 Å². The van der Waals surface area contributed by atoms with Crippen LogP contribution in [0.3, 0.4) is 0 Å². The Bertz CT molecular complexity index is 1380. The number of aryl methyl sites for hydroxylation is 1. The predicted molar refractivity (Wildman–Crippen MR) is 150 cm³/mol. The van der Waals surface area contributed by atoms with Gasteiger partial charge in [0.25, 0.3) is 0 Å². The molecule has 7 heteroatoms. The number of rotatable bonds is 6. The SMILES string of the molecule is COc1cccc(-n2c(C)cc([C@@H]3[C@@H](c4ccccn4)NC(=S)N3c3ccc(N(C)C)cc3)c2C)c1. The zero-order valence-electron chi connectivity index (χ0n) is 21.3. The lowest BCUT2D eigenvalue weighted by Gasteiger charge is -2.28. The smallest absolute Gasteiger partial charge is 0.174 e. The van der Waals surface area contributed by atoms with Crippen molar-refractivity contribution in [2.45, 2.75) is 25.9 Å². The zero-order valence-corrected chi connectivity index (χ0v) is 22.1. The summed E-state index contributed by atoms with van der Waals surface area (Å²) < 4.78 is 7.77. The fourth-order valence-electron chi connectivity index (χ4n) is 5.09. The number of pyridine rings is 1. The fraction of sp³-hybridized carbons (Fsp3) is 0.241. The highest BCUT2D eigenvalue weighted by Gasteiger charge is 2.42. The number of thiocarbonyl (C=S) groups is 1. The molecule has 2 aromatic heterocycles. The lowest BCUT2D eigenvalue weighted by Crippen LogP contribution is -2.29. The summed E-state index contributed by atoms with van der Waals surface area (Å²) in [5.41, 5.74) is 7.74. The van der Waals surface area contributed by atoms with Gasteiger partial charge in [-0.1, -0.05) is 12.1 Å². The fourth-order valence-corrected chi connectivity index (χ4v) is 5.44. The van der Waals surface area contributed by atoms with Gasteiger partial charge in [0.15, 0.2) is 5.11 Å². The molecular formula is C29H31N5OS. The average molecular weight is 498 g/mol. The van der Waals surface area contributed by atoms with E-state index in [1.54, 1.807) is 7.11 Å². The first-order valence-corrected chi connectivity index (χ1v) is 12.4. The van der Waals surface area contributed by atoms with Crippen LogP contribution in [0.15, 0.2) is 79.0 Å². The summed E-state index contributed by atoms with van der Waals surface area (Å²) in [7, 11) is 5.79. The third-order valence-corrected chi connectivity index (χ3v) is 7.16. The van der Waals surface area contributed by atoms with Gasteiger partial charge < -0.3 is 24.4 Å².